The summed E-state index contributed by atoms with van der Waals surface area (Å²) in [7, 11) is 0. The summed E-state index contributed by atoms with van der Waals surface area (Å²) in [6.45, 7) is 7.89. The van der Waals surface area contributed by atoms with Gasteiger partial charge in [0.2, 0.25) is 11.2 Å². The highest BCUT2D eigenvalue weighted by Crippen LogP contribution is 2.32. The summed E-state index contributed by atoms with van der Waals surface area (Å²) < 4.78 is 12.0. The van der Waals surface area contributed by atoms with Crippen LogP contribution in [0.25, 0.3) is 22.3 Å². The molecule has 0 aliphatic heterocycles. The van der Waals surface area contributed by atoms with Crippen LogP contribution >= 0.6 is 0 Å². The molecule has 0 radical (unpaired) electrons. The molecular formula is C28H26O4. The summed E-state index contributed by atoms with van der Waals surface area (Å²) in [6.07, 6.45) is 0. The smallest absolute Gasteiger partial charge is 0.235 e. The first-order valence-corrected chi connectivity index (χ1v) is 10.7. The minimum absolute atomic E-state index is 0.0547. The average Bonchev–Trinajstić information content (AvgIpc) is 2.80. The average molecular weight is 427 g/mol. The van der Waals surface area contributed by atoms with Crippen molar-refractivity contribution >= 4 is 16.8 Å². The zero-order valence-electron chi connectivity index (χ0n) is 18.8. The first-order chi connectivity index (χ1) is 15.3. The Bertz CT molecular complexity index is 1330. The fourth-order valence-corrected chi connectivity index (χ4v) is 3.62. The lowest BCUT2D eigenvalue weighted by atomic mass is 10.0. The molecule has 0 aliphatic rings. The van der Waals surface area contributed by atoms with Crippen molar-refractivity contribution in [1.82, 2.24) is 0 Å². The molecule has 0 amide bonds. The van der Waals surface area contributed by atoms with Crippen LogP contribution in [0, 0.1) is 13.8 Å². The molecular weight excluding hydrogens is 400 g/mol. The van der Waals surface area contributed by atoms with Gasteiger partial charge in [0.05, 0.1) is 5.39 Å². The van der Waals surface area contributed by atoms with E-state index in [2.05, 4.69) is 13.8 Å². The van der Waals surface area contributed by atoms with E-state index in [4.69, 9.17) is 9.15 Å². The maximum atomic E-state index is 13.4. The summed E-state index contributed by atoms with van der Waals surface area (Å²) in [5, 5.41) is 0.441. The van der Waals surface area contributed by atoms with Crippen LogP contribution in [0.3, 0.4) is 0 Å². The molecule has 3 aromatic carbocycles. The molecule has 0 N–H and O–H groups in total. The van der Waals surface area contributed by atoms with E-state index in [1.807, 2.05) is 68.4 Å². The fourth-order valence-electron chi connectivity index (χ4n) is 3.62. The SMILES string of the molecule is Cc1cc2oc(-c3ccccc3)c(OCC(=O)c3ccc(C(C)C)cc3)c(=O)c2cc1C. The van der Waals surface area contributed by atoms with Gasteiger partial charge in [0.25, 0.3) is 0 Å². The van der Waals surface area contributed by atoms with Crippen LogP contribution in [-0.4, -0.2) is 12.4 Å². The van der Waals surface area contributed by atoms with Crippen LogP contribution in [-0.2, 0) is 0 Å². The van der Waals surface area contributed by atoms with Gasteiger partial charge >= 0.3 is 0 Å². The van der Waals surface area contributed by atoms with E-state index in [1.54, 1.807) is 12.1 Å². The molecule has 0 aliphatic carbocycles. The Hall–Kier alpha value is -3.66. The minimum Gasteiger partial charge on any atom is -0.478 e. The largest absolute Gasteiger partial charge is 0.478 e. The first kappa shape index (κ1) is 21.6. The highest BCUT2D eigenvalue weighted by atomic mass is 16.5. The lowest BCUT2D eigenvalue weighted by molar-refractivity contribution is 0.0920. The van der Waals surface area contributed by atoms with Crippen LogP contribution in [0.5, 0.6) is 5.75 Å². The van der Waals surface area contributed by atoms with E-state index in [0.717, 1.165) is 16.7 Å². The number of rotatable bonds is 6. The number of ether oxygens (including phenoxy) is 1. The summed E-state index contributed by atoms with van der Waals surface area (Å²) in [6, 6.07) is 20.5. The van der Waals surface area contributed by atoms with Gasteiger partial charge in [-0.25, -0.2) is 0 Å². The minimum atomic E-state index is -0.281. The van der Waals surface area contributed by atoms with Crippen LogP contribution in [0.2, 0.25) is 0 Å². The molecule has 0 spiro atoms. The molecule has 1 heterocycles. The third kappa shape index (κ3) is 4.22. The second-order valence-corrected chi connectivity index (χ2v) is 8.38. The van der Waals surface area contributed by atoms with Crippen molar-refractivity contribution in [3.8, 4) is 17.1 Å². The Morgan fingerprint density at radius 2 is 1.59 bits per heavy atom. The summed E-state index contributed by atoms with van der Waals surface area (Å²) in [5.74, 6) is 0.575. The molecule has 0 bridgehead atoms. The maximum absolute atomic E-state index is 13.4. The number of Topliss-reactive ketones (excluding diaryl/α,β-unsaturated/α-hetero) is 1. The first-order valence-electron chi connectivity index (χ1n) is 10.7. The zero-order chi connectivity index (χ0) is 22.8. The number of ketones is 1. The van der Waals surface area contributed by atoms with E-state index in [1.165, 1.54) is 0 Å². The predicted molar refractivity (Wildman–Crippen MR) is 128 cm³/mol. The molecule has 4 nitrogen and oxygen atoms in total. The molecule has 4 heteroatoms. The van der Waals surface area contributed by atoms with Crippen molar-refractivity contribution in [2.75, 3.05) is 6.61 Å². The van der Waals surface area contributed by atoms with E-state index in [-0.39, 0.29) is 23.6 Å². The van der Waals surface area contributed by atoms with E-state index in [9.17, 15) is 9.59 Å². The normalized spacial score (nSPS) is 11.2. The number of benzene rings is 3. The van der Waals surface area contributed by atoms with Gasteiger partial charge in [-0.3, -0.25) is 9.59 Å². The fraction of sp³-hybridized carbons (Fsp3) is 0.214. The summed E-state index contributed by atoms with van der Waals surface area (Å²) >= 11 is 0. The Balaban J connectivity index is 1.73. The second-order valence-electron chi connectivity index (χ2n) is 8.38. The van der Waals surface area contributed by atoms with Gasteiger partial charge in [0.1, 0.15) is 5.58 Å². The molecule has 0 saturated carbocycles. The van der Waals surface area contributed by atoms with Crippen LogP contribution in [0.4, 0.5) is 0 Å². The topological polar surface area (TPSA) is 56.5 Å². The van der Waals surface area contributed by atoms with E-state index >= 15 is 0 Å². The highest BCUT2D eigenvalue weighted by molar-refractivity contribution is 5.97. The van der Waals surface area contributed by atoms with Crippen molar-refractivity contribution in [1.29, 1.82) is 0 Å². The number of carbonyl (C=O) groups excluding carboxylic acids is 1. The molecule has 0 atom stereocenters. The molecule has 162 valence electrons. The van der Waals surface area contributed by atoms with Crippen molar-refractivity contribution in [3.63, 3.8) is 0 Å². The third-order valence-corrected chi connectivity index (χ3v) is 5.75. The lowest BCUT2D eigenvalue weighted by Crippen LogP contribution is -2.17. The number of hydrogen-bond acceptors (Lipinski definition) is 4. The van der Waals surface area contributed by atoms with Crippen LogP contribution < -0.4 is 10.2 Å². The third-order valence-electron chi connectivity index (χ3n) is 5.75. The van der Waals surface area contributed by atoms with E-state index in [0.29, 0.717) is 33.8 Å². The Morgan fingerprint density at radius 1 is 0.938 bits per heavy atom. The zero-order valence-corrected chi connectivity index (χ0v) is 18.8. The maximum Gasteiger partial charge on any atom is 0.235 e. The quantitative estimate of drug-likeness (QED) is 0.332. The molecule has 0 unspecified atom stereocenters. The summed E-state index contributed by atoms with van der Waals surface area (Å²) in [4.78, 5) is 26.1. The van der Waals surface area contributed by atoms with Crippen molar-refractivity contribution in [2.24, 2.45) is 0 Å². The van der Waals surface area contributed by atoms with Crippen molar-refractivity contribution in [3.05, 3.63) is 99.2 Å². The van der Waals surface area contributed by atoms with Gasteiger partial charge in [0, 0.05) is 11.1 Å². The number of aryl methyl sites for hydroxylation is 2. The summed E-state index contributed by atoms with van der Waals surface area (Å²) in [5.41, 5.74) is 4.67. The van der Waals surface area contributed by atoms with Crippen molar-refractivity contribution in [2.45, 2.75) is 33.6 Å². The van der Waals surface area contributed by atoms with E-state index < -0.39 is 0 Å². The molecule has 4 rings (SSSR count). The van der Waals surface area contributed by atoms with Gasteiger partial charge in [-0.15, -0.1) is 0 Å². The second kappa shape index (κ2) is 8.83. The number of hydrogen-bond donors (Lipinski definition) is 0. The molecule has 4 aromatic rings. The standard InChI is InChI=1S/C28H26O4/c1-17(2)20-10-12-21(13-11-20)24(29)16-31-28-26(30)23-14-18(3)19(4)15-25(23)32-27(28)22-8-6-5-7-9-22/h5-15,17H,16H2,1-4H3. The highest BCUT2D eigenvalue weighted by Gasteiger charge is 2.20. The van der Waals surface area contributed by atoms with Crippen LogP contribution in [0.15, 0.2) is 75.9 Å². The van der Waals surface area contributed by atoms with Crippen molar-refractivity contribution < 1.29 is 13.9 Å². The van der Waals surface area contributed by atoms with Gasteiger partial charge in [-0.1, -0.05) is 68.4 Å². The van der Waals surface area contributed by atoms with Crippen LogP contribution in [0.1, 0.15) is 46.8 Å². The molecule has 0 saturated heterocycles. The number of carbonyl (C=O) groups is 1. The van der Waals surface area contributed by atoms with Gasteiger partial charge in [-0.2, -0.15) is 0 Å². The Labute approximate surface area is 187 Å². The van der Waals surface area contributed by atoms with Gasteiger partial charge in [0.15, 0.2) is 18.2 Å². The lowest BCUT2D eigenvalue weighted by Gasteiger charge is -2.13. The number of fused-ring (bicyclic) bond motifs is 1. The Kier molecular flexibility index (Phi) is 5.95. The molecule has 0 fully saturated rings. The Morgan fingerprint density at radius 3 is 2.25 bits per heavy atom. The monoisotopic (exact) mass is 426 g/mol. The van der Waals surface area contributed by atoms with Gasteiger partial charge < -0.3 is 9.15 Å². The molecule has 32 heavy (non-hydrogen) atoms. The van der Waals surface area contributed by atoms with Gasteiger partial charge in [-0.05, 0) is 48.6 Å². The predicted octanol–water partition coefficient (Wildman–Crippen LogP) is 6.46. The molecule has 1 aromatic heterocycles.